The van der Waals surface area contributed by atoms with Crippen LogP contribution in [0.4, 0.5) is 0 Å². The quantitative estimate of drug-likeness (QED) is 0.182. The van der Waals surface area contributed by atoms with Crippen molar-refractivity contribution in [2.45, 2.75) is 149 Å². The lowest BCUT2D eigenvalue weighted by molar-refractivity contribution is -0.306. The van der Waals surface area contributed by atoms with Gasteiger partial charge in [0.15, 0.2) is 0 Å². The summed E-state index contributed by atoms with van der Waals surface area (Å²) in [6.07, 6.45) is 6.06. The summed E-state index contributed by atoms with van der Waals surface area (Å²) in [4.78, 5) is 32.8. The molecule has 2 aromatic rings. The number of benzene rings is 2. The van der Waals surface area contributed by atoms with E-state index < -0.39 is 0 Å². The van der Waals surface area contributed by atoms with Gasteiger partial charge in [0.1, 0.15) is 12.2 Å². The first-order valence-corrected chi connectivity index (χ1v) is 17.9. The van der Waals surface area contributed by atoms with E-state index in [9.17, 15) is 9.59 Å². The molecule has 0 bridgehead atoms. The van der Waals surface area contributed by atoms with Crippen LogP contribution >= 0.6 is 0 Å². The minimum Gasteiger partial charge on any atom is -0.459 e. The van der Waals surface area contributed by atoms with Crippen LogP contribution in [-0.2, 0) is 14.3 Å². The van der Waals surface area contributed by atoms with Gasteiger partial charge in [-0.25, -0.2) is 9.59 Å². The van der Waals surface area contributed by atoms with Crippen LogP contribution in [0.2, 0.25) is 0 Å². The zero-order valence-corrected chi connectivity index (χ0v) is 30.7. The van der Waals surface area contributed by atoms with Crippen molar-refractivity contribution in [3.63, 3.8) is 0 Å². The number of hydrogen-bond donors (Lipinski definition) is 1. The third-order valence-electron chi connectivity index (χ3n) is 10.4. The molecule has 2 aromatic carbocycles. The lowest BCUT2D eigenvalue weighted by Gasteiger charge is -2.56. The van der Waals surface area contributed by atoms with E-state index >= 15 is 0 Å². The number of nitrogens with one attached hydrogen (secondary N) is 1. The Morgan fingerprint density at radius 3 is 1.81 bits per heavy atom. The second-order valence-corrected chi connectivity index (χ2v) is 16.1. The van der Waals surface area contributed by atoms with Gasteiger partial charge >= 0.3 is 11.9 Å². The smallest absolute Gasteiger partial charge is 0.338 e. The molecule has 0 aliphatic carbocycles. The van der Waals surface area contributed by atoms with E-state index in [-0.39, 0.29) is 40.8 Å². The average Bonchev–Trinajstić information content (AvgIpc) is 2.99. The van der Waals surface area contributed by atoms with Crippen molar-refractivity contribution >= 4 is 11.9 Å². The van der Waals surface area contributed by atoms with Gasteiger partial charge < -0.3 is 14.8 Å². The average molecular weight is 649 g/mol. The Hall–Kier alpha value is -2.74. The van der Waals surface area contributed by atoms with E-state index in [0.717, 1.165) is 43.2 Å². The van der Waals surface area contributed by atoms with E-state index in [1.807, 2.05) is 48.5 Å². The Balaban J connectivity index is 1.37. The minimum atomic E-state index is -0.306. The molecule has 2 aliphatic rings. The molecule has 0 spiro atoms. The lowest BCUT2D eigenvalue weighted by atomic mass is 9.73. The number of hydroxylamine groups is 2. The molecule has 7 heteroatoms. The van der Waals surface area contributed by atoms with Gasteiger partial charge in [-0.15, -0.1) is 0 Å². The van der Waals surface area contributed by atoms with E-state index in [2.05, 4.69) is 79.6 Å². The largest absolute Gasteiger partial charge is 0.459 e. The Bertz CT molecular complexity index is 1330. The van der Waals surface area contributed by atoms with Gasteiger partial charge in [0.25, 0.3) is 0 Å². The van der Waals surface area contributed by atoms with E-state index in [1.165, 1.54) is 0 Å². The summed E-state index contributed by atoms with van der Waals surface area (Å²) in [5, 5.41) is 5.88. The van der Waals surface area contributed by atoms with Gasteiger partial charge in [-0.1, -0.05) is 71.7 Å². The van der Waals surface area contributed by atoms with Crippen LogP contribution in [0.25, 0.3) is 11.1 Å². The summed E-state index contributed by atoms with van der Waals surface area (Å²) in [7, 11) is 0. The van der Waals surface area contributed by atoms with Gasteiger partial charge in [0.05, 0.1) is 17.7 Å². The molecule has 2 fully saturated rings. The predicted molar refractivity (Wildman–Crippen MR) is 189 cm³/mol. The normalized spacial score (nSPS) is 25.9. The highest BCUT2D eigenvalue weighted by molar-refractivity contribution is 5.91. The molecular formula is C40H60N2O5. The van der Waals surface area contributed by atoms with Crippen LogP contribution in [-0.4, -0.2) is 58.5 Å². The monoisotopic (exact) mass is 648 g/mol. The Morgan fingerprint density at radius 1 is 0.787 bits per heavy atom. The van der Waals surface area contributed by atoms with Gasteiger partial charge in [0, 0.05) is 48.3 Å². The Kier molecular flexibility index (Phi) is 12.0. The molecule has 4 rings (SSSR count). The van der Waals surface area contributed by atoms with Crippen LogP contribution in [0.15, 0.2) is 48.5 Å². The first kappa shape index (κ1) is 37.1. The predicted octanol–water partition coefficient (Wildman–Crippen LogP) is 9.00. The minimum absolute atomic E-state index is 0.0774. The molecule has 0 amide bonds. The topological polar surface area (TPSA) is 77.1 Å². The molecule has 260 valence electrons. The maximum atomic E-state index is 13.3. The zero-order valence-electron chi connectivity index (χ0n) is 30.7. The first-order chi connectivity index (χ1) is 22.0. The fraction of sp³-hybridized carbons (Fsp3) is 0.650. The Morgan fingerprint density at radius 2 is 1.32 bits per heavy atom. The molecule has 0 aromatic heterocycles. The number of rotatable bonds is 12. The molecule has 7 nitrogen and oxygen atoms in total. The highest BCUT2D eigenvalue weighted by Crippen LogP contribution is 2.44. The number of piperidine rings is 2. The Labute approximate surface area is 284 Å². The summed E-state index contributed by atoms with van der Waals surface area (Å²) in [6, 6.07) is 15.3. The highest BCUT2D eigenvalue weighted by Gasteiger charge is 2.51. The van der Waals surface area contributed by atoms with Crippen molar-refractivity contribution in [2.24, 2.45) is 11.8 Å². The second kappa shape index (κ2) is 15.2. The molecular weight excluding hydrogens is 588 g/mol. The molecule has 4 unspecified atom stereocenters. The third-order valence-corrected chi connectivity index (χ3v) is 10.4. The molecule has 0 saturated carbocycles. The summed E-state index contributed by atoms with van der Waals surface area (Å²) < 4.78 is 12.1. The lowest BCUT2D eigenvalue weighted by Crippen LogP contribution is -2.65. The fourth-order valence-electron chi connectivity index (χ4n) is 7.45. The van der Waals surface area contributed by atoms with Crippen LogP contribution in [0.3, 0.4) is 0 Å². The van der Waals surface area contributed by atoms with Gasteiger partial charge in [-0.3, -0.25) is 4.84 Å². The van der Waals surface area contributed by atoms with Crippen molar-refractivity contribution in [3.05, 3.63) is 59.7 Å². The number of ether oxygens (including phenoxy) is 2. The zero-order chi connectivity index (χ0) is 34.6. The molecule has 4 atom stereocenters. The first-order valence-electron chi connectivity index (χ1n) is 17.9. The van der Waals surface area contributed by atoms with Crippen LogP contribution in [0.1, 0.15) is 135 Å². The highest BCUT2D eigenvalue weighted by atomic mass is 16.7. The number of carbonyl (C=O) groups excluding carboxylic acids is 2. The van der Waals surface area contributed by atoms with Crippen LogP contribution in [0.5, 0.6) is 0 Å². The molecule has 2 aliphatic heterocycles. The van der Waals surface area contributed by atoms with Gasteiger partial charge in [0.2, 0.25) is 0 Å². The third kappa shape index (κ3) is 9.24. The molecule has 0 radical (unpaired) electrons. The molecule has 2 saturated heterocycles. The van der Waals surface area contributed by atoms with E-state index in [4.69, 9.17) is 14.3 Å². The molecule has 1 N–H and O–H groups in total. The van der Waals surface area contributed by atoms with Crippen molar-refractivity contribution < 1.29 is 23.9 Å². The van der Waals surface area contributed by atoms with Crippen molar-refractivity contribution in [2.75, 3.05) is 6.61 Å². The van der Waals surface area contributed by atoms with Crippen molar-refractivity contribution in [1.29, 1.82) is 0 Å². The number of esters is 2. The molecule has 47 heavy (non-hydrogen) atoms. The maximum Gasteiger partial charge on any atom is 0.338 e. The van der Waals surface area contributed by atoms with Crippen molar-refractivity contribution in [1.82, 2.24) is 10.4 Å². The molecule has 2 heterocycles. The number of carbonyl (C=O) groups is 2. The van der Waals surface area contributed by atoms with Gasteiger partial charge in [-0.05, 0) is 88.3 Å². The van der Waals surface area contributed by atoms with E-state index in [1.54, 1.807) is 0 Å². The van der Waals surface area contributed by atoms with Crippen LogP contribution in [0, 0.1) is 11.8 Å². The van der Waals surface area contributed by atoms with Crippen LogP contribution < -0.4 is 5.32 Å². The summed E-state index contributed by atoms with van der Waals surface area (Å²) in [6.45, 7) is 22.7. The maximum absolute atomic E-state index is 13.3. The van der Waals surface area contributed by atoms with Crippen molar-refractivity contribution in [3.8, 4) is 11.1 Å². The number of nitrogens with zero attached hydrogens (tertiary/aromatic N) is 1. The summed E-state index contributed by atoms with van der Waals surface area (Å²) in [5.74, 6) is 0.190. The SMILES string of the molecule is CCCCCON1C(C)(C)CC(OC(=O)c2ccc(-c3ccc(C(=O)OC4CC(C(C)C)NC(C)(C)C4)cc3)cc2)CC1(C)C(C)C. The fourth-order valence-corrected chi connectivity index (χ4v) is 7.45. The number of hydrogen-bond acceptors (Lipinski definition) is 7. The second-order valence-electron chi connectivity index (χ2n) is 16.1. The summed E-state index contributed by atoms with van der Waals surface area (Å²) >= 11 is 0. The van der Waals surface area contributed by atoms with E-state index in [0.29, 0.717) is 48.5 Å². The number of unbranched alkanes of at least 4 members (excludes halogenated alkanes) is 2. The van der Waals surface area contributed by atoms with Gasteiger partial charge in [-0.2, -0.15) is 5.06 Å². The summed E-state index contributed by atoms with van der Waals surface area (Å²) in [5.41, 5.74) is 2.38. The standard InChI is InChI=1S/C40H60N2O5/c1-11-12-13-22-45-42-39(8,9)25-34(26-40(42,10)28(4)5)47-37(44)32-20-16-30(17-21-32)29-14-18-31(19-15-29)36(43)46-33-23-35(27(2)3)41-38(6,7)24-33/h14-21,27-28,33-35,41H,11-13,22-26H2,1-10H3.